The van der Waals surface area contributed by atoms with Gasteiger partial charge >= 0.3 is 0 Å². The minimum Gasteiger partial charge on any atom is -0.507 e. The van der Waals surface area contributed by atoms with Crippen LogP contribution in [0, 0.1) is 13.8 Å². The zero-order valence-electron chi connectivity index (χ0n) is 10.7. The second kappa shape index (κ2) is 5.98. The predicted octanol–water partition coefficient (Wildman–Crippen LogP) is 2.80. The summed E-state index contributed by atoms with van der Waals surface area (Å²) in [4.78, 5) is 4.25. The molecule has 0 saturated carbocycles. The van der Waals surface area contributed by atoms with Gasteiger partial charge in [0.05, 0.1) is 11.2 Å². The fourth-order valence-electron chi connectivity index (χ4n) is 1.96. The average Bonchev–Trinajstić information content (AvgIpc) is 2.84. The molecule has 0 aliphatic heterocycles. The Morgan fingerprint density at radius 2 is 2.00 bits per heavy atom. The third-order valence-electron chi connectivity index (χ3n) is 2.92. The number of nitrogens with zero attached hydrogens (tertiary/aromatic N) is 1. The van der Waals surface area contributed by atoms with Gasteiger partial charge in [0.2, 0.25) is 0 Å². The van der Waals surface area contributed by atoms with Crippen molar-refractivity contribution in [1.82, 2.24) is 10.3 Å². The number of phenolic OH excluding ortho intramolecular Hbond substituents is 1. The van der Waals surface area contributed by atoms with Crippen LogP contribution in [0.25, 0.3) is 0 Å². The van der Waals surface area contributed by atoms with Crippen molar-refractivity contribution in [2.45, 2.75) is 26.8 Å². The fourth-order valence-corrected chi connectivity index (χ4v) is 2.55. The molecule has 1 aromatic heterocycles. The molecule has 2 N–H and O–H groups in total. The highest BCUT2D eigenvalue weighted by Gasteiger charge is 2.03. The van der Waals surface area contributed by atoms with Gasteiger partial charge in [0, 0.05) is 24.9 Å². The van der Waals surface area contributed by atoms with Crippen molar-refractivity contribution >= 4 is 11.3 Å². The SMILES string of the molecule is Cc1cc(CNCCc2cscn2)cc(C)c1O. The van der Waals surface area contributed by atoms with E-state index in [4.69, 9.17) is 0 Å². The summed E-state index contributed by atoms with van der Waals surface area (Å²) >= 11 is 1.63. The summed E-state index contributed by atoms with van der Waals surface area (Å²) in [7, 11) is 0. The number of rotatable bonds is 5. The molecule has 1 aromatic carbocycles. The maximum atomic E-state index is 9.70. The highest BCUT2D eigenvalue weighted by atomic mass is 32.1. The summed E-state index contributed by atoms with van der Waals surface area (Å²) in [5.41, 5.74) is 6.09. The first-order chi connectivity index (χ1) is 8.66. The van der Waals surface area contributed by atoms with Gasteiger partial charge in [-0.05, 0) is 30.5 Å². The van der Waals surface area contributed by atoms with Gasteiger partial charge in [-0.1, -0.05) is 12.1 Å². The van der Waals surface area contributed by atoms with Gasteiger partial charge in [-0.2, -0.15) is 0 Å². The van der Waals surface area contributed by atoms with E-state index < -0.39 is 0 Å². The van der Waals surface area contributed by atoms with Crippen molar-refractivity contribution in [2.75, 3.05) is 6.54 Å². The van der Waals surface area contributed by atoms with Crippen LogP contribution >= 0.6 is 11.3 Å². The molecule has 0 spiro atoms. The number of aromatic hydroxyl groups is 1. The van der Waals surface area contributed by atoms with Gasteiger partial charge in [-0.3, -0.25) is 0 Å². The van der Waals surface area contributed by atoms with Crippen LogP contribution < -0.4 is 5.32 Å². The van der Waals surface area contributed by atoms with E-state index in [0.717, 1.165) is 36.3 Å². The lowest BCUT2D eigenvalue weighted by Gasteiger charge is -2.08. The molecule has 0 aliphatic carbocycles. The van der Waals surface area contributed by atoms with Crippen LogP contribution in [0.3, 0.4) is 0 Å². The Bertz CT molecular complexity index is 486. The van der Waals surface area contributed by atoms with Crippen molar-refractivity contribution in [3.05, 3.63) is 45.4 Å². The Morgan fingerprint density at radius 1 is 1.28 bits per heavy atom. The molecule has 0 bridgehead atoms. The normalized spacial score (nSPS) is 10.8. The van der Waals surface area contributed by atoms with Gasteiger partial charge < -0.3 is 10.4 Å². The van der Waals surface area contributed by atoms with E-state index in [0.29, 0.717) is 5.75 Å². The highest BCUT2D eigenvalue weighted by Crippen LogP contribution is 2.22. The van der Waals surface area contributed by atoms with Crippen LogP contribution in [0.2, 0.25) is 0 Å². The Balaban J connectivity index is 1.83. The van der Waals surface area contributed by atoms with Crippen molar-refractivity contribution in [1.29, 1.82) is 0 Å². The molecule has 0 unspecified atom stereocenters. The fraction of sp³-hybridized carbons (Fsp3) is 0.357. The van der Waals surface area contributed by atoms with E-state index in [1.165, 1.54) is 5.56 Å². The van der Waals surface area contributed by atoms with Crippen LogP contribution in [0.4, 0.5) is 0 Å². The summed E-state index contributed by atoms with van der Waals surface area (Å²) in [6.07, 6.45) is 0.958. The second-order valence-corrected chi connectivity index (χ2v) is 5.20. The zero-order chi connectivity index (χ0) is 13.0. The molecule has 4 heteroatoms. The topological polar surface area (TPSA) is 45.2 Å². The van der Waals surface area contributed by atoms with E-state index >= 15 is 0 Å². The maximum Gasteiger partial charge on any atom is 0.121 e. The number of aryl methyl sites for hydroxylation is 2. The minimum atomic E-state index is 0.404. The molecule has 0 fully saturated rings. The molecular formula is C14H18N2OS. The summed E-state index contributed by atoms with van der Waals surface area (Å²) in [6, 6.07) is 4.05. The first kappa shape index (κ1) is 13.1. The molecule has 0 aliphatic rings. The average molecular weight is 262 g/mol. The molecular weight excluding hydrogens is 244 g/mol. The van der Waals surface area contributed by atoms with E-state index in [2.05, 4.69) is 15.7 Å². The summed E-state index contributed by atoms with van der Waals surface area (Å²) in [5, 5.41) is 15.2. The number of thiazole rings is 1. The number of nitrogens with one attached hydrogen (secondary N) is 1. The molecule has 0 radical (unpaired) electrons. The minimum absolute atomic E-state index is 0.404. The molecule has 96 valence electrons. The smallest absolute Gasteiger partial charge is 0.121 e. The molecule has 3 nitrogen and oxygen atoms in total. The van der Waals surface area contributed by atoms with Gasteiger partial charge in [-0.15, -0.1) is 11.3 Å². The van der Waals surface area contributed by atoms with Crippen molar-refractivity contribution in [3.8, 4) is 5.75 Å². The monoisotopic (exact) mass is 262 g/mol. The van der Waals surface area contributed by atoms with E-state index in [1.54, 1.807) is 11.3 Å². The largest absolute Gasteiger partial charge is 0.507 e. The van der Waals surface area contributed by atoms with Gasteiger partial charge in [-0.25, -0.2) is 4.98 Å². The van der Waals surface area contributed by atoms with Crippen LogP contribution in [-0.2, 0) is 13.0 Å². The van der Waals surface area contributed by atoms with Gasteiger partial charge in [0.1, 0.15) is 5.75 Å². The van der Waals surface area contributed by atoms with Crippen molar-refractivity contribution in [3.63, 3.8) is 0 Å². The van der Waals surface area contributed by atoms with Crippen LogP contribution in [-0.4, -0.2) is 16.6 Å². The molecule has 0 saturated heterocycles. The number of hydrogen-bond acceptors (Lipinski definition) is 4. The second-order valence-electron chi connectivity index (χ2n) is 4.48. The third kappa shape index (κ3) is 3.31. The van der Waals surface area contributed by atoms with Crippen molar-refractivity contribution < 1.29 is 5.11 Å². The lowest BCUT2D eigenvalue weighted by atomic mass is 10.1. The Hall–Kier alpha value is -1.39. The van der Waals surface area contributed by atoms with Gasteiger partial charge in [0.25, 0.3) is 0 Å². The molecule has 1 heterocycles. The first-order valence-electron chi connectivity index (χ1n) is 6.03. The Kier molecular flexibility index (Phi) is 4.33. The molecule has 2 aromatic rings. The maximum absolute atomic E-state index is 9.70. The zero-order valence-corrected chi connectivity index (χ0v) is 11.5. The summed E-state index contributed by atoms with van der Waals surface area (Å²) in [6.45, 7) is 5.61. The third-order valence-corrected chi connectivity index (χ3v) is 3.56. The van der Waals surface area contributed by atoms with E-state index in [1.807, 2.05) is 31.5 Å². The number of benzene rings is 1. The lowest BCUT2D eigenvalue weighted by Crippen LogP contribution is -2.17. The summed E-state index contributed by atoms with van der Waals surface area (Å²) in [5.74, 6) is 0.404. The van der Waals surface area contributed by atoms with Crippen molar-refractivity contribution in [2.24, 2.45) is 0 Å². The number of hydrogen-bond donors (Lipinski definition) is 2. The number of phenols is 1. The summed E-state index contributed by atoms with van der Waals surface area (Å²) < 4.78 is 0. The first-order valence-corrected chi connectivity index (χ1v) is 6.98. The standard InChI is InChI=1S/C14H18N2OS/c1-10-5-12(6-11(2)14(10)17)7-15-4-3-13-8-18-9-16-13/h5-6,8-9,15,17H,3-4,7H2,1-2H3. The van der Waals surface area contributed by atoms with E-state index in [9.17, 15) is 5.11 Å². The molecule has 0 atom stereocenters. The molecule has 18 heavy (non-hydrogen) atoms. The Labute approximate surface area is 112 Å². The molecule has 2 rings (SSSR count). The van der Waals surface area contributed by atoms with Crippen LogP contribution in [0.1, 0.15) is 22.4 Å². The number of aromatic nitrogens is 1. The molecule has 0 amide bonds. The quantitative estimate of drug-likeness (QED) is 0.814. The highest BCUT2D eigenvalue weighted by molar-refractivity contribution is 7.07. The van der Waals surface area contributed by atoms with Gasteiger partial charge in [0.15, 0.2) is 0 Å². The van der Waals surface area contributed by atoms with E-state index in [-0.39, 0.29) is 0 Å². The Morgan fingerprint density at radius 3 is 2.61 bits per heavy atom. The predicted molar refractivity (Wildman–Crippen MR) is 75.1 cm³/mol. The van der Waals surface area contributed by atoms with Crippen LogP contribution in [0.5, 0.6) is 5.75 Å². The lowest BCUT2D eigenvalue weighted by molar-refractivity contribution is 0.466. The van der Waals surface area contributed by atoms with Crippen LogP contribution in [0.15, 0.2) is 23.0 Å².